The number of ketones is 2. The van der Waals surface area contributed by atoms with Crippen LogP contribution in [-0.4, -0.2) is 11.6 Å². The van der Waals surface area contributed by atoms with Crippen LogP contribution in [0.25, 0.3) is 0 Å². The van der Waals surface area contributed by atoms with Crippen molar-refractivity contribution in [2.45, 2.75) is 47.0 Å². The Morgan fingerprint density at radius 2 is 2.07 bits per heavy atom. The fourth-order valence-corrected chi connectivity index (χ4v) is 2.45. The highest BCUT2D eigenvalue weighted by Crippen LogP contribution is 2.41. The summed E-state index contributed by atoms with van der Waals surface area (Å²) in [6.07, 6.45) is 4.41. The Balaban J connectivity index is 2.99. The fourth-order valence-electron chi connectivity index (χ4n) is 2.45. The highest BCUT2D eigenvalue weighted by Gasteiger charge is 2.39. The summed E-state index contributed by atoms with van der Waals surface area (Å²) in [5, 5.41) is 0. The number of hydrogen-bond acceptors (Lipinski definition) is 2. The zero-order chi connectivity index (χ0) is 11.6. The van der Waals surface area contributed by atoms with Gasteiger partial charge >= 0.3 is 0 Å². The van der Waals surface area contributed by atoms with Crippen molar-refractivity contribution in [3.05, 3.63) is 11.6 Å². The predicted molar refractivity (Wildman–Crippen MR) is 60.6 cm³/mol. The van der Waals surface area contributed by atoms with Gasteiger partial charge in [0.1, 0.15) is 0 Å². The Kier molecular flexibility index (Phi) is 3.48. The van der Waals surface area contributed by atoms with Crippen LogP contribution >= 0.6 is 0 Å². The van der Waals surface area contributed by atoms with Gasteiger partial charge in [-0.1, -0.05) is 32.4 Å². The fraction of sp³-hybridized carbons (Fsp3) is 0.692. The molecule has 0 saturated carbocycles. The first kappa shape index (κ1) is 12.2. The van der Waals surface area contributed by atoms with E-state index in [2.05, 4.69) is 19.9 Å². The largest absolute Gasteiger partial charge is 0.291 e. The zero-order valence-corrected chi connectivity index (χ0v) is 10.1. The van der Waals surface area contributed by atoms with Crippen molar-refractivity contribution in [1.82, 2.24) is 0 Å². The van der Waals surface area contributed by atoms with E-state index >= 15 is 0 Å². The van der Waals surface area contributed by atoms with E-state index in [1.54, 1.807) is 6.92 Å². The van der Waals surface area contributed by atoms with Gasteiger partial charge in [0.25, 0.3) is 0 Å². The molecule has 0 spiro atoms. The van der Waals surface area contributed by atoms with E-state index < -0.39 is 0 Å². The molecule has 1 unspecified atom stereocenters. The maximum absolute atomic E-state index is 12.0. The molecule has 0 aromatic rings. The van der Waals surface area contributed by atoms with Gasteiger partial charge in [-0.15, -0.1) is 0 Å². The Morgan fingerprint density at radius 3 is 2.53 bits per heavy atom. The van der Waals surface area contributed by atoms with Gasteiger partial charge in [-0.3, -0.25) is 9.59 Å². The molecule has 1 aliphatic rings. The first-order valence-corrected chi connectivity index (χ1v) is 5.64. The molecule has 0 aromatic carbocycles. The van der Waals surface area contributed by atoms with Gasteiger partial charge in [-0.05, 0) is 25.2 Å². The Labute approximate surface area is 91.7 Å². The van der Waals surface area contributed by atoms with Gasteiger partial charge in [-0.2, -0.15) is 0 Å². The molecule has 0 N–H and O–H groups in total. The van der Waals surface area contributed by atoms with Crippen molar-refractivity contribution >= 4 is 11.6 Å². The summed E-state index contributed by atoms with van der Waals surface area (Å²) < 4.78 is 0. The van der Waals surface area contributed by atoms with Gasteiger partial charge in [0.15, 0.2) is 5.78 Å². The van der Waals surface area contributed by atoms with E-state index in [-0.39, 0.29) is 22.9 Å². The molecule has 2 nitrogen and oxygen atoms in total. The SMILES string of the molecule is CCC(=O)C(=O)C1C(C)=CCCC1(C)C. The van der Waals surface area contributed by atoms with Crippen LogP contribution in [0.4, 0.5) is 0 Å². The standard InChI is InChI=1S/C13H20O2/c1-5-10(14)12(15)11-9(2)7-6-8-13(11,3)4/h7,11H,5-6,8H2,1-4H3. The molecule has 1 rings (SSSR count). The summed E-state index contributed by atoms with van der Waals surface area (Å²) in [6.45, 7) is 7.87. The lowest BCUT2D eigenvalue weighted by atomic mass is 9.66. The molecule has 0 bridgehead atoms. The Hall–Kier alpha value is -0.920. The Morgan fingerprint density at radius 1 is 1.47 bits per heavy atom. The minimum Gasteiger partial charge on any atom is -0.291 e. The minimum atomic E-state index is -0.234. The highest BCUT2D eigenvalue weighted by atomic mass is 16.2. The molecule has 0 heterocycles. The van der Waals surface area contributed by atoms with E-state index in [0.717, 1.165) is 18.4 Å². The smallest absolute Gasteiger partial charge is 0.205 e. The van der Waals surface area contributed by atoms with E-state index in [9.17, 15) is 9.59 Å². The molecule has 0 radical (unpaired) electrons. The van der Waals surface area contributed by atoms with Gasteiger partial charge in [0.05, 0.1) is 5.92 Å². The summed E-state index contributed by atoms with van der Waals surface area (Å²) in [5.41, 5.74) is 0.999. The molecule has 84 valence electrons. The lowest BCUT2D eigenvalue weighted by Gasteiger charge is -2.36. The molecule has 0 aliphatic heterocycles. The normalized spacial score (nSPS) is 24.5. The first-order chi connectivity index (χ1) is 6.90. The van der Waals surface area contributed by atoms with Gasteiger partial charge in [-0.25, -0.2) is 0 Å². The summed E-state index contributed by atoms with van der Waals surface area (Å²) in [6, 6.07) is 0. The highest BCUT2D eigenvalue weighted by molar-refractivity contribution is 6.38. The van der Waals surface area contributed by atoms with Crippen LogP contribution in [0.2, 0.25) is 0 Å². The molecule has 2 heteroatoms. The third-order valence-electron chi connectivity index (χ3n) is 3.35. The lowest BCUT2D eigenvalue weighted by molar-refractivity contribution is -0.140. The third kappa shape index (κ3) is 2.36. The monoisotopic (exact) mass is 208 g/mol. The van der Waals surface area contributed by atoms with Crippen LogP contribution in [0.1, 0.15) is 47.0 Å². The number of carbonyl (C=O) groups is 2. The molecule has 1 aliphatic carbocycles. The van der Waals surface area contributed by atoms with Crippen LogP contribution < -0.4 is 0 Å². The maximum atomic E-state index is 12.0. The number of Topliss-reactive ketones (excluding diaryl/α,β-unsaturated/α-hetero) is 2. The average molecular weight is 208 g/mol. The first-order valence-electron chi connectivity index (χ1n) is 5.64. The molecule has 0 saturated heterocycles. The van der Waals surface area contributed by atoms with Crippen molar-refractivity contribution in [2.24, 2.45) is 11.3 Å². The second-order valence-electron chi connectivity index (χ2n) is 5.05. The van der Waals surface area contributed by atoms with Crippen LogP contribution in [0.5, 0.6) is 0 Å². The van der Waals surface area contributed by atoms with Gasteiger partial charge in [0, 0.05) is 6.42 Å². The van der Waals surface area contributed by atoms with Crippen LogP contribution in [0.15, 0.2) is 11.6 Å². The topological polar surface area (TPSA) is 34.1 Å². The van der Waals surface area contributed by atoms with Crippen LogP contribution in [-0.2, 0) is 9.59 Å². The molecule has 1 atom stereocenters. The van der Waals surface area contributed by atoms with E-state index in [1.165, 1.54) is 0 Å². The molecular weight excluding hydrogens is 188 g/mol. The summed E-state index contributed by atoms with van der Waals surface area (Å²) in [4.78, 5) is 23.4. The predicted octanol–water partition coefficient (Wildman–Crippen LogP) is 2.92. The second-order valence-corrected chi connectivity index (χ2v) is 5.05. The lowest BCUT2D eigenvalue weighted by Crippen LogP contribution is -2.37. The maximum Gasteiger partial charge on any atom is 0.205 e. The second kappa shape index (κ2) is 4.30. The number of rotatable bonds is 3. The van der Waals surface area contributed by atoms with Crippen molar-refractivity contribution in [3.8, 4) is 0 Å². The molecule has 0 aromatic heterocycles. The van der Waals surface area contributed by atoms with E-state index in [1.807, 2.05) is 6.92 Å². The Bertz CT molecular complexity index is 310. The third-order valence-corrected chi connectivity index (χ3v) is 3.35. The van der Waals surface area contributed by atoms with Crippen LogP contribution in [0, 0.1) is 11.3 Å². The molecule has 0 amide bonds. The van der Waals surface area contributed by atoms with Crippen LogP contribution in [0.3, 0.4) is 0 Å². The van der Waals surface area contributed by atoms with E-state index in [4.69, 9.17) is 0 Å². The van der Waals surface area contributed by atoms with Crippen molar-refractivity contribution < 1.29 is 9.59 Å². The number of allylic oxidation sites excluding steroid dienone is 2. The van der Waals surface area contributed by atoms with Crippen molar-refractivity contribution in [1.29, 1.82) is 0 Å². The number of carbonyl (C=O) groups excluding carboxylic acids is 2. The average Bonchev–Trinajstić information content (AvgIpc) is 2.14. The number of hydrogen-bond donors (Lipinski definition) is 0. The van der Waals surface area contributed by atoms with Gasteiger partial charge in [0.2, 0.25) is 5.78 Å². The van der Waals surface area contributed by atoms with Crippen molar-refractivity contribution in [2.75, 3.05) is 0 Å². The molecule has 15 heavy (non-hydrogen) atoms. The zero-order valence-electron chi connectivity index (χ0n) is 10.1. The molecular formula is C13H20O2. The summed E-state index contributed by atoms with van der Waals surface area (Å²) in [7, 11) is 0. The summed E-state index contributed by atoms with van der Waals surface area (Å²) in [5.74, 6) is -0.627. The molecule has 0 fully saturated rings. The van der Waals surface area contributed by atoms with Gasteiger partial charge < -0.3 is 0 Å². The summed E-state index contributed by atoms with van der Waals surface area (Å²) >= 11 is 0. The van der Waals surface area contributed by atoms with E-state index in [0.29, 0.717) is 6.42 Å². The minimum absolute atomic E-state index is 0.0687. The van der Waals surface area contributed by atoms with Crippen molar-refractivity contribution in [3.63, 3.8) is 0 Å². The quantitative estimate of drug-likeness (QED) is 0.528.